The van der Waals surface area contributed by atoms with E-state index in [0.29, 0.717) is 11.2 Å². The summed E-state index contributed by atoms with van der Waals surface area (Å²) in [5.41, 5.74) is 1.76. The van der Waals surface area contributed by atoms with Crippen LogP contribution in [0.15, 0.2) is 24.3 Å². The Kier molecular flexibility index (Phi) is 3.99. The predicted octanol–water partition coefficient (Wildman–Crippen LogP) is 2.59. The van der Waals surface area contributed by atoms with Crippen molar-refractivity contribution in [2.24, 2.45) is 17.3 Å². The maximum Gasteiger partial charge on any atom is 0.115 e. The van der Waals surface area contributed by atoms with E-state index in [1.54, 1.807) is 19.2 Å². The van der Waals surface area contributed by atoms with E-state index in [2.05, 4.69) is 17.4 Å². The number of ether oxygens (including phenoxy) is 1. The van der Waals surface area contributed by atoms with E-state index in [0.717, 1.165) is 38.0 Å². The third-order valence-corrected chi connectivity index (χ3v) is 4.96. The highest BCUT2D eigenvalue weighted by molar-refractivity contribution is 5.27. The maximum atomic E-state index is 9.41. The molecule has 0 aliphatic heterocycles. The Morgan fingerprint density at radius 3 is 2.60 bits per heavy atom. The summed E-state index contributed by atoms with van der Waals surface area (Å²) in [4.78, 5) is 0. The van der Waals surface area contributed by atoms with Gasteiger partial charge in [-0.05, 0) is 60.6 Å². The lowest BCUT2D eigenvalue weighted by Gasteiger charge is -2.31. The van der Waals surface area contributed by atoms with E-state index in [-0.39, 0.29) is 0 Å². The molecule has 20 heavy (non-hydrogen) atoms. The van der Waals surface area contributed by atoms with Crippen LogP contribution in [0.3, 0.4) is 0 Å². The maximum absolute atomic E-state index is 9.41. The summed E-state index contributed by atoms with van der Waals surface area (Å²) in [7, 11) is 1.75. The van der Waals surface area contributed by atoms with Gasteiger partial charge in [-0.25, -0.2) is 0 Å². The van der Waals surface area contributed by atoms with Gasteiger partial charge < -0.3 is 15.2 Å². The number of aromatic hydroxyl groups is 1. The van der Waals surface area contributed by atoms with Crippen LogP contribution in [0.2, 0.25) is 0 Å². The highest BCUT2D eigenvalue weighted by atomic mass is 16.5. The van der Waals surface area contributed by atoms with Crippen molar-refractivity contribution < 1.29 is 9.84 Å². The number of rotatable bonds is 7. The van der Waals surface area contributed by atoms with Gasteiger partial charge in [0, 0.05) is 20.2 Å². The minimum absolute atomic E-state index is 0.357. The van der Waals surface area contributed by atoms with Crippen LogP contribution in [0.1, 0.15) is 24.8 Å². The zero-order valence-corrected chi connectivity index (χ0v) is 12.3. The van der Waals surface area contributed by atoms with E-state index >= 15 is 0 Å². The molecule has 2 aliphatic carbocycles. The van der Waals surface area contributed by atoms with Gasteiger partial charge in [0.2, 0.25) is 0 Å². The molecule has 0 bridgehead atoms. The topological polar surface area (TPSA) is 41.5 Å². The van der Waals surface area contributed by atoms with Gasteiger partial charge in [0.1, 0.15) is 5.75 Å². The Morgan fingerprint density at radius 1 is 1.25 bits per heavy atom. The first-order valence-corrected chi connectivity index (χ1v) is 7.68. The normalized spacial score (nSPS) is 31.2. The van der Waals surface area contributed by atoms with Gasteiger partial charge >= 0.3 is 0 Å². The molecule has 3 heteroatoms. The molecule has 2 saturated carbocycles. The zero-order valence-electron chi connectivity index (χ0n) is 12.3. The number of hydrogen-bond acceptors (Lipinski definition) is 3. The molecule has 1 aromatic carbocycles. The van der Waals surface area contributed by atoms with Gasteiger partial charge in [-0.2, -0.15) is 0 Å². The lowest BCUT2D eigenvalue weighted by Crippen LogP contribution is -2.36. The fourth-order valence-corrected chi connectivity index (χ4v) is 3.93. The SMILES string of the molecule is COCCNCC1(Cc2ccc(O)cc2)CC2CC2C1. The first-order valence-electron chi connectivity index (χ1n) is 7.68. The predicted molar refractivity (Wildman–Crippen MR) is 79.8 cm³/mol. The molecule has 2 atom stereocenters. The molecular formula is C17H25NO2. The molecule has 3 rings (SSSR count). The number of methoxy groups -OCH3 is 1. The highest BCUT2D eigenvalue weighted by Gasteiger charge is 2.53. The zero-order chi connectivity index (χ0) is 14.0. The Morgan fingerprint density at radius 2 is 1.95 bits per heavy atom. The molecule has 110 valence electrons. The monoisotopic (exact) mass is 275 g/mol. The molecule has 2 unspecified atom stereocenters. The number of phenols is 1. The molecule has 2 aliphatic rings. The van der Waals surface area contributed by atoms with Crippen LogP contribution in [-0.4, -0.2) is 31.9 Å². The van der Waals surface area contributed by atoms with Crippen LogP contribution >= 0.6 is 0 Å². The van der Waals surface area contributed by atoms with Gasteiger partial charge in [-0.1, -0.05) is 12.1 Å². The van der Waals surface area contributed by atoms with Gasteiger partial charge in [-0.3, -0.25) is 0 Å². The van der Waals surface area contributed by atoms with Crippen LogP contribution in [0.5, 0.6) is 5.75 Å². The van der Waals surface area contributed by atoms with E-state index in [1.165, 1.54) is 24.8 Å². The molecule has 2 fully saturated rings. The van der Waals surface area contributed by atoms with Gasteiger partial charge in [0.15, 0.2) is 0 Å². The number of fused-ring (bicyclic) bond motifs is 1. The van der Waals surface area contributed by atoms with Crippen LogP contribution in [0.25, 0.3) is 0 Å². The summed E-state index contributed by atoms with van der Waals surface area (Å²) in [6.45, 7) is 2.80. The molecule has 0 spiro atoms. The second-order valence-corrected chi connectivity index (χ2v) is 6.68. The Labute approximate surface area is 121 Å². The smallest absolute Gasteiger partial charge is 0.115 e. The van der Waals surface area contributed by atoms with Crippen molar-refractivity contribution in [3.05, 3.63) is 29.8 Å². The highest BCUT2D eigenvalue weighted by Crippen LogP contribution is 2.60. The van der Waals surface area contributed by atoms with Crippen LogP contribution in [0, 0.1) is 17.3 Å². The molecular weight excluding hydrogens is 250 g/mol. The van der Waals surface area contributed by atoms with Crippen LogP contribution < -0.4 is 5.32 Å². The van der Waals surface area contributed by atoms with Crippen molar-refractivity contribution in [1.82, 2.24) is 5.32 Å². The summed E-state index contributed by atoms with van der Waals surface area (Å²) < 4.78 is 5.11. The number of nitrogens with one attached hydrogen (secondary N) is 1. The fourth-order valence-electron chi connectivity index (χ4n) is 3.93. The Hall–Kier alpha value is -1.06. The third kappa shape index (κ3) is 3.15. The molecule has 0 amide bonds. The summed E-state index contributed by atoms with van der Waals surface area (Å²) in [5, 5.41) is 13.0. The fraction of sp³-hybridized carbons (Fsp3) is 0.647. The molecule has 0 radical (unpaired) electrons. The average molecular weight is 275 g/mol. The summed E-state index contributed by atoms with van der Waals surface area (Å²) in [5.74, 6) is 2.32. The third-order valence-electron chi connectivity index (χ3n) is 4.96. The van der Waals surface area contributed by atoms with E-state index in [1.807, 2.05) is 0 Å². The van der Waals surface area contributed by atoms with Crippen LogP contribution in [0.4, 0.5) is 0 Å². The second kappa shape index (κ2) is 5.74. The lowest BCUT2D eigenvalue weighted by molar-refractivity contribution is 0.186. The molecule has 0 aromatic heterocycles. The standard InChI is InChI=1S/C17H25NO2/c1-20-7-6-18-12-17(10-14-8-15(14)11-17)9-13-2-4-16(19)5-3-13/h2-5,14-15,18-19H,6-12H2,1H3. The minimum atomic E-state index is 0.357. The first-order chi connectivity index (χ1) is 9.71. The molecule has 0 saturated heterocycles. The van der Waals surface area contributed by atoms with Crippen molar-refractivity contribution in [3.63, 3.8) is 0 Å². The Bertz CT molecular complexity index is 433. The second-order valence-electron chi connectivity index (χ2n) is 6.68. The summed E-state index contributed by atoms with van der Waals surface area (Å²) >= 11 is 0. The Balaban J connectivity index is 1.62. The van der Waals surface area contributed by atoms with E-state index in [4.69, 9.17) is 4.74 Å². The van der Waals surface area contributed by atoms with Crippen LogP contribution in [-0.2, 0) is 11.2 Å². The first kappa shape index (κ1) is 13.9. The number of hydrogen-bond donors (Lipinski definition) is 2. The average Bonchev–Trinajstić information content (AvgIpc) is 3.06. The molecule has 0 heterocycles. The largest absolute Gasteiger partial charge is 0.508 e. The van der Waals surface area contributed by atoms with Crippen molar-refractivity contribution >= 4 is 0 Å². The van der Waals surface area contributed by atoms with Crippen molar-refractivity contribution in [2.45, 2.75) is 25.7 Å². The molecule has 1 aromatic rings. The molecule has 2 N–H and O–H groups in total. The lowest BCUT2D eigenvalue weighted by atomic mass is 9.77. The molecule has 3 nitrogen and oxygen atoms in total. The van der Waals surface area contributed by atoms with Gasteiger partial charge in [-0.15, -0.1) is 0 Å². The van der Waals surface area contributed by atoms with Gasteiger partial charge in [0.05, 0.1) is 6.61 Å². The van der Waals surface area contributed by atoms with Crippen molar-refractivity contribution in [1.29, 1.82) is 0 Å². The quantitative estimate of drug-likeness (QED) is 0.752. The summed E-state index contributed by atoms with van der Waals surface area (Å²) in [6, 6.07) is 7.74. The minimum Gasteiger partial charge on any atom is -0.508 e. The van der Waals surface area contributed by atoms with Gasteiger partial charge in [0.25, 0.3) is 0 Å². The van der Waals surface area contributed by atoms with Crippen molar-refractivity contribution in [2.75, 3.05) is 26.8 Å². The van der Waals surface area contributed by atoms with Crippen molar-refractivity contribution in [3.8, 4) is 5.75 Å². The number of benzene rings is 1. The summed E-state index contributed by atoms with van der Waals surface area (Å²) in [6.07, 6.45) is 5.30. The number of phenolic OH excluding ortho intramolecular Hbond substituents is 1. The van der Waals surface area contributed by atoms with E-state index in [9.17, 15) is 5.11 Å². The van der Waals surface area contributed by atoms with E-state index < -0.39 is 0 Å².